The summed E-state index contributed by atoms with van der Waals surface area (Å²) in [6.45, 7) is 6.59. The molecule has 2 aromatic carbocycles. The molecule has 0 aliphatic carbocycles. The van der Waals surface area contributed by atoms with E-state index in [4.69, 9.17) is 0 Å². The fourth-order valence-electron chi connectivity index (χ4n) is 2.81. The Balaban J connectivity index is 1.86. The number of carbonyl (C=O) groups is 1. The lowest BCUT2D eigenvalue weighted by Gasteiger charge is -2.04. The van der Waals surface area contributed by atoms with Gasteiger partial charge in [0.1, 0.15) is 0 Å². The SMILES string of the molecule is C=CCn1c(C)c(C=NNC(=O)c2ccc(Br)cc2)c2ccccc21. The molecule has 0 radical (unpaired) electrons. The molecule has 3 rings (SSSR count). The van der Waals surface area contributed by atoms with E-state index >= 15 is 0 Å². The number of para-hydroxylation sites is 1. The number of rotatable bonds is 5. The third-order valence-electron chi connectivity index (χ3n) is 4.06. The number of nitrogens with one attached hydrogen (secondary N) is 1. The van der Waals surface area contributed by atoms with Crippen LogP contribution in [0.4, 0.5) is 0 Å². The van der Waals surface area contributed by atoms with E-state index in [1.807, 2.05) is 37.3 Å². The van der Waals surface area contributed by atoms with Crippen molar-refractivity contribution in [2.24, 2.45) is 5.10 Å². The van der Waals surface area contributed by atoms with Gasteiger partial charge in [0.2, 0.25) is 0 Å². The molecule has 5 heteroatoms. The molecule has 0 bridgehead atoms. The predicted molar refractivity (Wildman–Crippen MR) is 106 cm³/mol. The van der Waals surface area contributed by atoms with Gasteiger partial charge in [-0.2, -0.15) is 5.10 Å². The molecule has 1 amide bonds. The summed E-state index contributed by atoms with van der Waals surface area (Å²) in [7, 11) is 0. The van der Waals surface area contributed by atoms with E-state index in [9.17, 15) is 4.79 Å². The Kier molecular flexibility index (Phi) is 5.14. The third kappa shape index (κ3) is 3.56. The first-order chi connectivity index (χ1) is 12.1. The number of aromatic nitrogens is 1. The van der Waals surface area contributed by atoms with E-state index in [-0.39, 0.29) is 5.91 Å². The largest absolute Gasteiger partial charge is 0.340 e. The monoisotopic (exact) mass is 395 g/mol. The van der Waals surface area contributed by atoms with Gasteiger partial charge < -0.3 is 4.57 Å². The Bertz CT molecular complexity index is 955. The van der Waals surface area contributed by atoms with Gasteiger partial charge in [-0.1, -0.05) is 40.2 Å². The topological polar surface area (TPSA) is 46.4 Å². The molecule has 1 aromatic heterocycles. The Hall–Kier alpha value is -2.66. The van der Waals surface area contributed by atoms with Crippen molar-refractivity contribution in [2.45, 2.75) is 13.5 Å². The molecule has 1 N–H and O–H groups in total. The third-order valence-corrected chi connectivity index (χ3v) is 4.59. The van der Waals surface area contributed by atoms with Gasteiger partial charge in [0.15, 0.2) is 0 Å². The second-order valence-corrected chi connectivity index (χ2v) is 6.54. The molecule has 0 saturated heterocycles. The summed E-state index contributed by atoms with van der Waals surface area (Å²) in [5.41, 5.74) is 6.35. The van der Waals surface area contributed by atoms with Crippen molar-refractivity contribution in [3.63, 3.8) is 0 Å². The summed E-state index contributed by atoms with van der Waals surface area (Å²) < 4.78 is 3.11. The lowest BCUT2D eigenvalue weighted by atomic mass is 10.1. The maximum atomic E-state index is 12.1. The normalized spacial score (nSPS) is 11.1. The minimum absolute atomic E-state index is 0.240. The van der Waals surface area contributed by atoms with Gasteiger partial charge in [-0.15, -0.1) is 6.58 Å². The first-order valence-electron chi connectivity index (χ1n) is 7.89. The number of nitrogens with zero attached hydrogens (tertiary/aromatic N) is 2. The molecule has 0 fully saturated rings. The summed E-state index contributed by atoms with van der Waals surface area (Å²) in [5, 5.41) is 5.25. The van der Waals surface area contributed by atoms with Gasteiger partial charge in [-0.05, 0) is 37.3 Å². The van der Waals surface area contributed by atoms with E-state index in [0.29, 0.717) is 5.56 Å². The van der Waals surface area contributed by atoms with Crippen molar-refractivity contribution < 1.29 is 4.79 Å². The lowest BCUT2D eigenvalue weighted by molar-refractivity contribution is 0.0955. The van der Waals surface area contributed by atoms with Crippen LogP contribution in [0, 0.1) is 6.92 Å². The Morgan fingerprint density at radius 2 is 1.96 bits per heavy atom. The number of hydrazone groups is 1. The summed E-state index contributed by atoms with van der Waals surface area (Å²) in [5.74, 6) is -0.240. The van der Waals surface area contributed by atoms with Gasteiger partial charge in [-0.3, -0.25) is 4.79 Å². The Morgan fingerprint density at radius 1 is 1.24 bits per heavy atom. The van der Waals surface area contributed by atoms with Crippen LogP contribution in [0.3, 0.4) is 0 Å². The number of fused-ring (bicyclic) bond motifs is 1. The van der Waals surface area contributed by atoms with Crippen LogP contribution in [0.25, 0.3) is 10.9 Å². The van der Waals surface area contributed by atoms with Gasteiger partial charge in [0.25, 0.3) is 5.91 Å². The first kappa shape index (κ1) is 17.2. The van der Waals surface area contributed by atoms with E-state index in [0.717, 1.165) is 33.2 Å². The average molecular weight is 396 g/mol. The second kappa shape index (κ2) is 7.49. The van der Waals surface area contributed by atoms with Crippen LogP contribution in [-0.2, 0) is 6.54 Å². The number of halogens is 1. The van der Waals surface area contributed by atoms with Crippen LogP contribution in [0.15, 0.2) is 70.8 Å². The highest BCUT2D eigenvalue weighted by Gasteiger charge is 2.11. The van der Waals surface area contributed by atoms with Crippen molar-refractivity contribution in [3.8, 4) is 0 Å². The highest BCUT2D eigenvalue weighted by Crippen LogP contribution is 2.24. The summed E-state index contributed by atoms with van der Waals surface area (Å²) in [6, 6.07) is 15.3. The standard InChI is InChI=1S/C20H18BrN3O/c1-3-12-24-14(2)18(17-6-4-5-7-19(17)24)13-22-23-20(25)15-8-10-16(21)11-9-15/h3-11,13H,1,12H2,2H3,(H,23,25). The molecule has 0 spiro atoms. The lowest BCUT2D eigenvalue weighted by Crippen LogP contribution is -2.17. The summed E-state index contributed by atoms with van der Waals surface area (Å²) in [6.07, 6.45) is 3.57. The maximum absolute atomic E-state index is 12.1. The highest BCUT2D eigenvalue weighted by molar-refractivity contribution is 9.10. The van der Waals surface area contributed by atoms with E-state index in [1.54, 1.807) is 18.3 Å². The number of benzene rings is 2. The zero-order chi connectivity index (χ0) is 17.8. The van der Waals surface area contributed by atoms with Crippen LogP contribution in [0.1, 0.15) is 21.6 Å². The number of hydrogen-bond donors (Lipinski definition) is 1. The van der Waals surface area contributed by atoms with Gasteiger partial charge >= 0.3 is 0 Å². The van der Waals surface area contributed by atoms with Gasteiger partial charge in [-0.25, -0.2) is 5.43 Å². The molecular formula is C20H18BrN3O. The molecule has 0 unspecified atom stereocenters. The van der Waals surface area contributed by atoms with Crippen LogP contribution >= 0.6 is 15.9 Å². The molecule has 0 aliphatic heterocycles. The molecule has 25 heavy (non-hydrogen) atoms. The second-order valence-electron chi connectivity index (χ2n) is 5.62. The fourth-order valence-corrected chi connectivity index (χ4v) is 3.07. The molecule has 3 aromatic rings. The van der Waals surface area contributed by atoms with Crippen LogP contribution in [0.2, 0.25) is 0 Å². The van der Waals surface area contributed by atoms with Crippen LogP contribution < -0.4 is 5.43 Å². The minimum Gasteiger partial charge on any atom is -0.340 e. The van der Waals surface area contributed by atoms with Crippen molar-refractivity contribution in [2.75, 3.05) is 0 Å². The maximum Gasteiger partial charge on any atom is 0.271 e. The van der Waals surface area contributed by atoms with Crippen LogP contribution in [-0.4, -0.2) is 16.7 Å². The number of hydrogen-bond acceptors (Lipinski definition) is 2. The summed E-state index contributed by atoms with van der Waals surface area (Å²) >= 11 is 3.35. The molecule has 126 valence electrons. The van der Waals surface area contributed by atoms with Crippen molar-refractivity contribution >= 4 is 39.0 Å². The minimum atomic E-state index is -0.240. The smallest absolute Gasteiger partial charge is 0.271 e. The summed E-state index contributed by atoms with van der Waals surface area (Å²) in [4.78, 5) is 12.1. The molecular weight excluding hydrogens is 378 g/mol. The Morgan fingerprint density at radius 3 is 2.68 bits per heavy atom. The van der Waals surface area contributed by atoms with E-state index in [2.05, 4.69) is 49.7 Å². The molecule has 4 nitrogen and oxygen atoms in total. The van der Waals surface area contributed by atoms with Gasteiger partial charge in [0.05, 0.1) is 6.21 Å². The highest BCUT2D eigenvalue weighted by atomic mass is 79.9. The first-order valence-corrected chi connectivity index (χ1v) is 8.69. The zero-order valence-corrected chi connectivity index (χ0v) is 15.5. The molecule has 1 heterocycles. The number of allylic oxidation sites excluding steroid dienone is 1. The van der Waals surface area contributed by atoms with Crippen molar-refractivity contribution in [1.82, 2.24) is 9.99 Å². The predicted octanol–water partition coefficient (Wildman–Crippen LogP) is 4.66. The zero-order valence-electron chi connectivity index (χ0n) is 13.9. The van der Waals surface area contributed by atoms with Crippen LogP contribution in [0.5, 0.6) is 0 Å². The van der Waals surface area contributed by atoms with Crippen molar-refractivity contribution in [1.29, 1.82) is 0 Å². The molecule has 0 aliphatic rings. The Labute approximate surface area is 155 Å². The molecule has 0 saturated carbocycles. The van der Waals surface area contributed by atoms with E-state index < -0.39 is 0 Å². The fraction of sp³-hybridized carbons (Fsp3) is 0.100. The number of carbonyl (C=O) groups excluding carboxylic acids is 1. The van der Waals surface area contributed by atoms with Crippen molar-refractivity contribution in [3.05, 3.63) is 82.5 Å². The molecule has 0 atom stereocenters. The number of amides is 1. The average Bonchev–Trinajstić information content (AvgIpc) is 2.88. The van der Waals surface area contributed by atoms with E-state index in [1.165, 1.54) is 0 Å². The quantitative estimate of drug-likeness (QED) is 0.381. The van der Waals surface area contributed by atoms with Gasteiger partial charge in [0, 0.05) is 38.7 Å².